The Labute approximate surface area is 180 Å². The Kier molecular flexibility index (Phi) is 5.01. The van der Waals surface area contributed by atoms with Crippen LogP contribution in [0.1, 0.15) is 25.6 Å². The molecule has 0 spiro atoms. The quantitative estimate of drug-likeness (QED) is 0.537. The van der Waals surface area contributed by atoms with Gasteiger partial charge in [-0.25, -0.2) is 9.37 Å². The largest absolute Gasteiger partial charge is 0.616 e. The molecule has 29 heavy (non-hydrogen) atoms. The van der Waals surface area contributed by atoms with Gasteiger partial charge in [-0.1, -0.05) is 11.6 Å². The van der Waals surface area contributed by atoms with E-state index in [1.165, 1.54) is 29.7 Å². The number of aromatic nitrogens is 1. The van der Waals surface area contributed by atoms with Crippen LogP contribution in [-0.4, -0.2) is 25.9 Å². The van der Waals surface area contributed by atoms with Gasteiger partial charge in [-0.15, -0.1) is 11.3 Å². The first-order valence-corrected chi connectivity index (χ1v) is 11.4. The molecule has 0 aliphatic carbocycles. The Morgan fingerprint density at radius 3 is 2.66 bits per heavy atom. The van der Waals surface area contributed by atoms with E-state index in [-0.39, 0.29) is 11.7 Å². The average molecular weight is 452 g/mol. The monoisotopic (exact) mass is 451 g/mol. The summed E-state index contributed by atoms with van der Waals surface area (Å²) in [6, 6.07) is 7.71. The molecule has 152 valence electrons. The molecule has 5 nitrogen and oxygen atoms in total. The number of hydrogen-bond donors (Lipinski definition) is 2. The summed E-state index contributed by atoms with van der Waals surface area (Å²) in [7, 11) is 0. The summed E-state index contributed by atoms with van der Waals surface area (Å²) in [6.45, 7) is 5.50. The van der Waals surface area contributed by atoms with Gasteiger partial charge < -0.3 is 14.3 Å². The smallest absolute Gasteiger partial charge is 0.226 e. The highest BCUT2D eigenvalue weighted by atomic mass is 35.5. The van der Waals surface area contributed by atoms with Crippen molar-refractivity contribution in [2.24, 2.45) is 0 Å². The van der Waals surface area contributed by atoms with Crippen molar-refractivity contribution in [3.63, 3.8) is 0 Å². The standard InChI is InChI=1S/C20H19ClFN3O2S2/c1-19(2)18(23)25-20(3,10-29(19)26)16-13(21)8-15(28-16)14-9-27-17(24-14)11-4-6-12(22)7-5-11/h4-9H,10H2,1-3H3,(H2,23,25)/t20-,29?/m0/s1. The van der Waals surface area contributed by atoms with Crippen LogP contribution in [-0.2, 0) is 16.7 Å². The highest BCUT2D eigenvalue weighted by Gasteiger charge is 2.50. The predicted octanol–water partition coefficient (Wildman–Crippen LogP) is 5.19. The minimum atomic E-state index is -1.22. The minimum Gasteiger partial charge on any atom is -0.616 e. The second-order valence-corrected chi connectivity index (χ2v) is 11.1. The molecular weight excluding hydrogens is 433 g/mol. The number of hydrogen-bond acceptors (Lipinski definition) is 5. The Balaban J connectivity index is 1.65. The molecule has 4 rings (SSSR count). The third-order valence-electron chi connectivity index (χ3n) is 5.03. The van der Waals surface area contributed by atoms with Crippen LogP contribution in [0.4, 0.5) is 4.39 Å². The Morgan fingerprint density at radius 2 is 2.00 bits per heavy atom. The Bertz CT molecular complexity index is 1080. The van der Waals surface area contributed by atoms with Crippen molar-refractivity contribution in [2.75, 3.05) is 5.75 Å². The summed E-state index contributed by atoms with van der Waals surface area (Å²) >= 11 is 6.73. The molecule has 3 heterocycles. The highest BCUT2D eigenvalue weighted by molar-refractivity contribution is 7.93. The number of nitrogens with one attached hydrogen (secondary N) is 2. The molecule has 1 fully saturated rings. The van der Waals surface area contributed by atoms with Gasteiger partial charge in [0.15, 0.2) is 10.6 Å². The zero-order valence-electron chi connectivity index (χ0n) is 16.0. The van der Waals surface area contributed by atoms with Gasteiger partial charge in [-0.2, -0.15) is 0 Å². The topological polar surface area (TPSA) is 85.0 Å². The van der Waals surface area contributed by atoms with Gasteiger partial charge in [0.25, 0.3) is 0 Å². The molecule has 0 bridgehead atoms. The zero-order chi connectivity index (χ0) is 21.0. The molecule has 1 aliphatic heterocycles. The van der Waals surface area contributed by atoms with Crippen LogP contribution in [0, 0.1) is 11.2 Å². The molecule has 1 aromatic carbocycles. The molecule has 1 saturated heterocycles. The number of nitrogens with zero attached hydrogens (tertiary/aromatic N) is 1. The second-order valence-electron chi connectivity index (χ2n) is 7.66. The van der Waals surface area contributed by atoms with E-state index < -0.39 is 21.5 Å². The summed E-state index contributed by atoms with van der Waals surface area (Å²) in [4.78, 5) is 6.09. The maximum absolute atomic E-state index is 13.1. The van der Waals surface area contributed by atoms with E-state index in [4.69, 9.17) is 21.4 Å². The maximum Gasteiger partial charge on any atom is 0.226 e. The first-order chi connectivity index (χ1) is 13.6. The van der Waals surface area contributed by atoms with Crippen LogP contribution in [0.2, 0.25) is 5.02 Å². The molecular formula is C20H19ClFN3O2S2. The lowest BCUT2D eigenvalue weighted by Gasteiger charge is -2.43. The molecule has 2 atom stereocenters. The molecule has 0 saturated carbocycles. The van der Waals surface area contributed by atoms with Crippen LogP contribution < -0.4 is 5.32 Å². The van der Waals surface area contributed by atoms with Gasteiger partial charge in [0.05, 0.1) is 14.8 Å². The van der Waals surface area contributed by atoms with E-state index >= 15 is 0 Å². The van der Waals surface area contributed by atoms with Crippen LogP contribution in [0.25, 0.3) is 22.0 Å². The van der Waals surface area contributed by atoms with Crippen LogP contribution >= 0.6 is 22.9 Å². The summed E-state index contributed by atoms with van der Waals surface area (Å²) in [5.74, 6) is 0.643. The Morgan fingerprint density at radius 1 is 1.31 bits per heavy atom. The summed E-state index contributed by atoms with van der Waals surface area (Å²) in [6.07, 6.45) is 1.53. The van der Waals surface area contributed by atoms with Gasteiger partial charge in [0.1, 0.15) is 29.1 Å². The van der Waals surface area contributed by atoms with Crippen LogP contribution in [0.3, 0.4) is 0 Å². The van der Waals surface area contributed by atoms with Crippen molar-refractivity contribution in [1.29, 1.82) is 5.41 Å². The van der Waals surface area contributed by atoms with Gasteiger partial charge in [0, 0.05) is 5.56 Å². The lowest BCUT2D eigenvalue weighted by Crippen LogP contribution is -2.63. The Hall–Kier alpha value is -1.87. The van der Waals surface area contributed by atoms with E-state index in [1.807, 2.05) is 6.92 Å². The molecule has 2 aromatic heterocycles. The lowest BCUT2D eigenvalue weighted by atomic mass is 10.00. The highest BCUT2D eigenvalue weighted by Crippen LogP contribution is 2.44. The van der Waals surface area contributed by atoms with E-state index in [0.717, 1.165) is 9.75 Å². The summed E-state index contributed by atoms with van der Waals surface area (Å²) in [5.41, 5.74) is 0.576. The molecule has 1 unspecified atom stereocenters. The zero-order valence-corrected chi connectivity index (χ0v) is 18.4. The van der Waals surface area contributed by atoms with Gasteiger partial charge in [0.2, 0.25) is 5.89 Å². The van der Waals surface area contributed by atoms with Gasteiger partial charge in [-0.05, 0) is 62.3 Å². The van der Waals surface area contributed by atoms with Crippen molar-refractivity contribution >= 4 is 39.9 Å². The maximum atomic E-state index is 13.1. The van der Waals surface area contributed by atoms with Crippen molar-refractivity contribution in [2.45, 2.75) is 31.1 Å². The van der Waals surface area contributed by atoms with Gasteiger partial charge >= 0.3 is 0 Å². The summed E-state index contributed by atoms with van der Waals surface area (Å²) < 4.78 is 30.7. The molecule has 1 aliphatic rings. The van der Waals surface area contributed by atoms with Crippen LogP contribution in [0.15, 0.2) is 41.0 Å². The van der Waals surface area contributed by atoms with E-state index in [1.54, 1.807) is 32.0 Å². The average Bonchev–Trinajstić information content (AvgIpc) is 3.28. The lowest BCUT2D eigenvalue weighted by molar-refractivity contribution is 0.449. The van der Waals surface area contributed by atoms with Crippen molar-refractivity contribution in [1.82, 2.24) is 10.3 Å². The number of benzene rings is 1. The molecule has 0 radical (unpaired) electrons. The van der Waals surface area contributed by atoms with Crippen LogP contribution in [0.5, 0.6) is 0 Å². The van der Waals surface area contributed by atoms with Gasteiger partial charge in [-0.3, -0.25) is 5.41 Å². The SMILES string of the molecule is CC1(C)C(=N)N[C@](C)(c2sc(-c3coc(-c4ccc(F)cc4)n3)cc2Cl)C[S+]1[O-]. The third kappa shape index (κ3) is 3.59. The van der Waals surface area contributed by atoms with E-state index in [2.05, 4.69) is 10.3 Å². The van der Waals surface area contributed by atoms with E-state index in [0.29, 0.717) is 27.9 Å². The number of amidine groups is 1. The normalized spacial score (nSPS) is 23.8. The fourth-order valence-corrected chi connectivity index (χ4v) is 6.19. The fourth-order valence-electron chi connectivity index (χ4n) is 3.12. The first kappa shape index (κ1) is 20.4. The number of rotatable bonds is 3. The molecule has 2 N–H and O–H groups in total. The molecule has 0 amide bonds. The number of halogens is 2. The summed E-state index contributed by atoms with van der Waals surface area (Å²) in [5, 5.41) is 12.0. The van der Waals surface area contributed by atoms with Crippen molar-refractivity contribution in [3.8, 4) is 22.0 Å². The van der Waals surface area contributed by atoms with E-state index in [9.17, 15) is 8.94 Å². The van der Waals surface area contributed by atoms with Crippen molar-refractivity contribution in [3.05, 3.63) is 52.3 Å². The van der Waals surface area contributed by atoms with Crippen molar-refractivity contribution < 1.29 is 13.4 Å². The third-order valence-corrected chi connectivity index (χ3v) is 9.04. The fraction of sp³-hybridized carbons (Fsp3) is 0.300. The number of thiophene rings is 1. The first-order valence-electron chi connectivity index (χ1n) is 8.87. The molecule has 3 aromatic rings. The predicted molar refractivity (Wildman–Crippen MR) is 116 cm³/mol. The number of oxazole rings is 1. The second kappa shape index (κ2) is 7.12. The minimum absolute atomic E-state index is 0.232. The molecule has 9 heteroatoms.